The lowest BCUT2D eigenvalue weighted by molar-refractivity contribution is 0.108. The van der Waals surface area contributed by atoms with Gasteiger partial charge in [0.25, 0.3) is 0 Å². The van der Waals surface area contributed by atoms with Crippen LogP contribution < -0.4 is 10.6 Å². The van der Waals surface area contributed by atoms with Crippen LogP contribution in [-0.4, -0.2) is 62.8 Å². The molecule has 0 aromatic heterocycles. The van der Waals surface area contributed by atoms with E-state index in [4.69, 9.17) is 9.73 Å². The molecule has 0 amide bonds. The summed E-state index contributed by atoms with van der Waals surface area (Å²) in [5.41, 5.74) is 0. The summed E-state index contributed by atoms with van der Waals surface area (Å²) in [5.74, 6) is 1.55. The Balaban J connectivity index is 2.28. The van der Waals surface area contributed by atoms with E-state index < -0.39 is 0 Å². The van der Waals surface area contributed by atoms with E-state index in [0.717, 1.165) is 45.2 Å². The summed E-state index contributed by atoms with van der Waals surface area (Å²) < 4.78 is 5.61. The van der Waals surface area contributed by atoms with E-state index in [0.29, 0.717) is 12.0 Å². The first-order chi connectivity index (χ1) is 11.2. The lowest BCUT2D eigenvalue weighted by Gasteiger charge is -2.25. The van der Waals surface area contributed by atoms with Crippen LogP contribution in [0.4, 0.5) is 0 Å². The second-order valence-electron chi connectivity index (χ2n) is 6.77. The molecule has 1 heterocycles. The minimum atomic E-state index is 0.585. The van der Waals surface area contributed by atoms with E-state index in [9.17, 15) is 0 Å². The summed E-state index contributed by atoms with van der Waals surface area (Å²) in [5, 5.41) is 6.76. The van der Waals surface area contributed by atoms with Crippen molar-refractivity contribution in [2.75, 3.05) is 45.9 Å². The van der Waals surface area contributed by atoms with Gasteiger partial charge >= 0.3 is 0 Å². The average molecular weight is 327 g/mol. The fourth-order valence-electron chi connectivity index (χ4n) is 2.85. The van der Waals surface area contributed by atoms with E-state index in [-0.39, 0.29) is 0 Å². The minimum Gasteiger partial charge on any atom is -0.381 e. The Morgan fingerprint density at radius 2 is 1.91 bits per heavy atom. The number of hydrogen-bond acceptors (Lipinski definition) is 3. The molecule has 2 N–H and O–H groups in total. The van der Waals surface area contributed by atoms with Crippen LogP contribution in [0.5, 0.6) is 0 Å². The van der Waals surface area contributed by atoms with Gasteiger partial charge in [-0.3, -0.25) is 9.89 Å². The van der Waals surface area contributed by atoms with Crippen LogP contribution in [0.25, 0.3) is 0 Å². The molecular formula is C18H38N4O. The highest BCUT2D eigenvalue weighted by atomic mass is 16.5. The topological polar surface area (TPSA) is 48.9 Å². The summed E-state index contributed by atoms with van der Waals surface area (Å²) in [6.07, 6.45) is 4.87. The molecule has 0 spiro atoms. The third-order valence-corrected chi connectivity index (χ3v) is 4.14. The molecule has 1 fully saturated rings. The maximum atomic E-state index is 5.61. The molecular weight excluding hydrogens is 288 g/mol. The number of likely N-dealkylation sites (tertiary alicyclic amines) is 1. The average Bonchev–Trinajstić information content (AvgIpc) is 3.05. The molecule has 0 saturated carbocycles. The van der Waals surface area contributed by atoms with Gasteiger partial charge < -0.3 is 15.4 Å². The third kappa shape index (κ3) is 9.16. The third-order valence-electron chi connectivity index (χ3n) is 4.14. The summed E-state index contributed by atoms with van der Waals surface area (Å²) in [7, 11) is 0. The zero-order valence-electron chi connectivity index (χ0n) is 15.7. The predicted molar refractivity (Wildman–Crippen MR) is 99.1 cm³/mol. The van der Waals surface area contributed by atoms with Crippen molar-refractivity contribution < 1.29 is 4.74 Å². The summed E-state index contributed by atoms with van der Waals surface area (Å²) in [6, 6.07) is 0.585. The van der Waals surface area contributed by atoms with E-state index in [1.165, 1.54) is 32.4 Å². The molecule has 23 heavy (non-hydrogen) atoms. The highest BCUT2D eigenvalue weighted by molar-refractivity contribution is 5.79. The van der Waals surface area contributed by atoms with Crippen molar-refractivity contribution >= 4 is 5.96 Å². The highest BCUT2D eigenvalue weighted by Gasteiger charge is 2.19. The largest absolute Gasteiger partial charge is 0.381 e. The van der Waals surface area contributed by atoms with Gasteiger partial charge in [0.05, 0.1) is 6.54 Å². The van der Waals surface area contributed by atoms with E-state index >= 15 is 0 Å². The van der Waals surface area contributed by atoms with Crippen molar-refractivity contribution in [1.82, 2.24) is 15.5 Å². The number of guanidine groups is 1. The number of ether oxygens (including phenoxy) is 1. The first kappa shape index (κ1) is 20.2. The Labute approximate surface area is 143 Å². The van der Waals surface area contributed by atoms with Crippen LogP contribution in [0.1, 0.15) is 53.4 Å². The maximum absolute atomic E-state index is 5.61. The summed E-state index contributed by atoms with van der Waals surface area (Å²) >= 11 is 0. The van der Waals surface area contributed by atoms with Gasteiger partial charge in [-0.1, -0.05) is 20.8 Å². The molecule has 0 aromatic rings. The molecule has 1 saturated heterocycles. The Morgan fingerprint density at radius 3 is 2.52 bits per heavy atom. The predicted octanol–water partition coefficient (Wildman–Crippen LogP) is 2.48. The smallest absolute Gasteiger partial charge is 0.191 e. The minimum absolute atomic E-state index is 0.585. The first-order valence-electron chi connectivity index (χ1n) is 9.51. The number of nitrogens with one attached hydrogen (secondary N) is 2. The lowest BCUT2D eigenvalue weighted by atomic mass is 10.2. The van der Waals surface area contributed by atoms with E-state index in [2.05, 4.69) is 43.2 Å². The van der Waals surface area contributed by atoms with Gasteiger partial charge in [0.1, 0.15) is 0 Å². The highest BCUT2D eigenvalue weighted by Crippen LogP contribution is 2.14. The van der Waals surface area contributed by atoms with Crippen molar-refractivity contribution in [2.24, 2.45) is 10.9 Å². The molecule has 1 atom stereocenters. The van der Waals surface area contributed by atoms with Crippen molar-refractivity contribution in [1.29, 1.82) is 0 Å². The van der Waals surface area contributed by atoms with Gasteiger partial charge in [-0.2, -0.15) is 0 Å². The quantitative estimate of drug-likeness (QED) is 0.348. The number of rotatable bonds is 11. The standard InChI is InChI=1S/C18H38N4O/c1-5-17(22-11-7-8-12-22)14-21-18(19-6-2)20-10-9-13-23-15-16(3)4/h16-17H,5-15H2,1-4H3,(H2,19,20,21). The Bertz CT molecular complexity index is 314. The van der Waals surface area contributed by atoms with Crippen LogP contribution >= 0.6 is 0 Å². The molecule has 1 rings (SSSR count). The Hall–Kier alpha value is -0.810. The van der Waals surface area contributed by atoms with Crippen LogP contribution in [0.2, 0.25) is 0 Å². The molecule has 0 aromatic carbocycles. The van der Waals surface area contributed by atoms with Crippen molar-refractivity contribution in [3.8, 4) is 0 Å². The SMILES string of the molecule is CCNC(=NCC(CC)N1CCCC1)NCCCOCC(C)C. The number of aliphatic imine (C=N–C) groups is 1. The van der Waals surface area contributed by atoms with Crippen molar-refractivity contribution in [2.45, 2.75) is 59.4 Å². The van der Waals surface area contributed by atoms with Crippen molar-refractivity contribution in [3.63, 3.8) is 0 Å². The van der Waals surface area contributed by atoms with Crippen LogP contribution in [-0.2, 0) is 4.74 Å². The molecule has 5 nitrogen and oxygen atoms in total. The Morgan fingerprint density at radius 1 is 1.17 bits per heavy atom. The fourth-order valence-corrected chi connectivity index (χ4v) is 2.85. The molecule has 136 valence electrons. The van der Waals surface area contributed by atoms with Crippen LogP contribution in [0.15, 0.2) is 4.99 Å². The number of hydrogen-bond donors (Lipinski definition) is 2. The van der Waals surface area contributed by atoms with Gasteiger partial charge in [-0.15, -0.1) is 0 Å². The van der Waals surface area contributed by atoms with Gasteiger partial charge in [0, 0.05) is 32.3 Å². The monoisotopic (exact) mass is 326 g/mol. The first-order valence-corrected chi connectivity index (χ1v) is 9.51. The Kier molecular flexibility index (Phi) is 11.1. The molecule has 5 heteroatoms. The molecule has 0 radical (unpaired) electrons. The number of nitrogens with zero attached hydrogens (tertiary/aromatic N) is 2. The fraction of sp³-hybridized carbons (Fsp3) is 0.944. The van der Waals surface area contributed by atoms with Gasteiger partial charge in [-0.05, 0) is 51.6 Å². The summed E-state index contributed by atoms with van der Waals surface area (Å²) in [4.78, 5) is 7.38. The van der Waals surface area contributed by atoms with Crippen molar-refractivity contribution in [3.05, 3.63) is 0 Å². The van der Waals surface area contributed by atoms with Gasteiger partial charge in [0.2, 0.25) is 0 Å². The van der Waals surface area contributed by atoms with E-state index in [1.54, 1.807) is 0 Å². The summed E-state index contributed by atoms with van der Waals surface area (Å²) in [6.45, 7) is 15.6. The molecule has 1 aliphatic rings. The molecule has 1 aliphatic heterocycles. The van der Waals surface area contributed by atoms with Gasteiger partial charge in [0.15, 0.2) is 5.96 Å². The molecule has 0 aliphatic carbocycles. The molecule has 1 unspecified atom stereocenters. The van der Waals surface area contributed by atoms with Crippen LogP contribution in [0, 0.1) is 5.92 Å². The maximum Gasteiger partial charge on any atom is 0.191 e. The van der Waals surface area contributed by atoms with Gasteiger partial charge in [-0.25, -0.2) is 0 Å². The second kappa shape index (κ2) is 12.6. The zero-order valence-corrected chi connectivity index (χ0v) is 15.7. The normalized spacial score (nSPS) is 17.7. The zero-order chi connectivity index (χ0) is 16.9. The molecule has 0 bridgehead atoms. The van der Waals surface area contributed by atoms with E-state index in [1.807, 2.05) is 0 Å². The second-order valence-corrected chi connectivity index (χ2v) is 6.77. The van der Waals surface area contributed by atoms with Crippen LogP contribution in [0.3, 0.4) is 0 Å². The lowest BCUT2D eigenvalue weighted by Crippen LogP contribution is -2.40.